The quantitative estimate of drug-likeness (QED) is 0.629. The third-order valence-electron chi connectivity index (χ3n) is 5.31. The molecule has 1 fully saturated rings. The Kier molecular flexibility index (Phi) is 5.08. The first-order chi connectivity index (χ1) is 13.9. The molecular formula is C21H22N2O4S2. The van der Waals surface area contributed by atoms with Crippen LogP contribution in [0.25, 0.3) is 10.2 Å². The molecule has 0 saturated heterocycles. The molecule has 152 valence electrons. The minimum atomic E-state index is -3.80. The summed E-state index contributed by atoms with van der Waals surface area (Å²) < 4.78 is 31.5. The Balaban J connectivity index is 1.62. The third kappa shape index (κ3) is 3.40. The van der Waals surface area contributed by atoms with Crippen molar-refractivity contribution in [2.45, 2.75) is 42.8 Å². The fourth-order valence-corrected chi connectivity index (χ4v) is 6.44. The van der Waals surface area contributed by atoms with E-state index in [2.05, 4.69) is 10.3 Å². The van der Waals surface area contributed by atoms with Crippen molar-refractivity contribution in [3.05, 3.63) is 48.0 Å². The van der Waals surface area contributed by atoms with Gasteiger partial charge in [0.15, 0.2) is 19.7 Å². The van der Waals surface area contributed by atoms with Crippen molar-refractivity contribution in [3.8, 4) is 5.75 Å². The summed E-state index contributed by atoms with van der Waals surface area (Å²) >= 11 is 1.31. The summed E-state index contributed by atoms with van der Waals surface area (Å²) in [6.45, 7) is 4.37. The number of carbonyl (C=O) groups excluding carboxylic acids is 1. The number of hydrogen-bond acceptors (Lipinski definition) is 6. The third-order valence-corrected chi connectivity index (χ3v) is 8.76. The predicted molar refractivity (Wildman–Crippen MR) is 114 cm³/mol. The SMILES string of the molecule is CCOc1ccc2nc(NC(=O)C3(S(=O)(=O)c4ccc(C)cc4)CCC3)sc2c1. The molecule has 1 N–H and O–H groups in total. The van der Waals surface area contributed by atoms with E-state index in [-0.39, 0.29) is 4.90 Å². The number of thiazole rings is 1. The van der Waals surface area contributed by atoms with Crippen molar-refractivity contribution >= 4 is 42.4 Å². The number of ether oxygens (including phenoxy) is 1. The topological polar surface area (TPSA) is 85.4 Å². The Bertz CT molecular complexity index is 1160. The van der Waals surface area contributed by atoms with Gasteiger partial charge in [-0.3, -0.25) is 4.79 Å². The number of amides is 1. The molecule has 0 unspecified atom stereocenters. The zero-order chi connectivity index (χ0) is 20.6. The number of sulfone groups is 1. The molecule has 6 nitrogen and oxygen atoms in total. The van der Waals surface area contributed by atoms with Gasteiger partial charge >= 0.3 is 0 Å². The highest BCUT2D eigenvalue weighted by molar-refractivity contribution is 7.93. The van der Waals surface area contributed by atoms with Gasteiger partial charge in [0.1, 0.15) is 5.75 Å². The molecule has 0 spiro atoms. The number of aromatic nitrogens is 1. The van der Waals surface area contributed by atoms with Gasteiger partial charge in [0.05, 0.1) is 21.7 Å². The molecule has 8 heteroatoms. The van der Waals surface area contributed by atoms with Crippen LogP contribution in [0.3, 0.4) is 0 Å². The monoisotopic (exact) mass is 430 g/mol. The lowest BCUT2D eigenvalue weighted by atomic mass is 9.83. The number of nitrogens with one attached hydrogen (secondary N) is 1. The van der Waals surface area contributed by atoms with Crippen LogP contribution in [0.4, 0.5) is 5.13 Å². The van der Waals surface area contributed by atoms with Gasteiger partial charge in [0.2, 0.25) is 5.91 Å². The van der Waals surface area contributed by atoms with E-state index in [9.17, 15) is 13.2 Å². The van der Waals surface area contributed by atoms with Crippen molar-refractivity contribution in [1.29, 1.82) is 0 Å². The number of fused-ring (bicyclic) bond motifs is 1. The fraction of sp³-hybridized carbons (Fsp3) is 0.333. The van der Waals surface area contributed by atoms with Crippen molar-refractivity contribution < 1.29 is 17.9 Å². The first kappa shape index (κ1) is 19.8. The van der Waals surface area contributed by atoms with Gasteiger partial charge in [-0.25, -0.2) is 13.4 Å². The lowest BCUT2D eigenvalue weighted by Crippen LogP contribution is -2.54. The summed E-state index contributed by atoms with van der Waals surface area (Å²) in [5.74, 6) is 0.229. The number of rotatable bonds is 6. The van der Waals surface area contributed by atoms with E-state index in [1.165, 1.54) is 11.3 Å². The smallest absolute Gasteiger partial charge is 0.248 e. The van der Waals surface area contributed by atoms with Crippen LogP contribution in [0.1, 0.15) is 31.7 Å². The van der Waals surface area contributed by atoms with Crippen LogP contribution in [0, 0.1) is 6.92 Å². The van der Waals surface area contributed by atoms with Gasteiger partial charge in [-0.15, -0.1) is 0 Å². The summed E-state index contributed by atoms with van der Waals surface area (Å²) in [7, 11) is -3.80. The fourth-order valence-electron chi connectivity index (χ4n) is 3.48. The van der Waals surface area contributed by atoms with Crippen LogP contribution >= 0.6 is 11.3 Å². The van der Waals surface area contributed by atoms with Gasteiger partial charge in [-0.2, -0.15) is 0 Å². The maximum atomic E-state index is 13.3. The molecule has 1 saturated carbocycles. The van der Waals surface area contributed by atoms with E-state index in [4.69, 9.17) is 4.74 Å². The minimum absolute atomic E-state index is 0.184. The summed E-state index contributed by atoms with van der Waals surface area (Å²) in [4.78, 5) is 17.7. The normalized spacial score (nSPS) is 15.7. The average molecular weight is 431 g/mol. The molecule has 4 rings (SSSR count). The molecule has 1 heterocycles. The van der Waals surface area contributed by atoms with E-state index >= 15 is 0 Å². The van der Waals surface area contributed by atoms with E-state index < -0.39 is 20.5 Å². The first-order valence-corrected chi connectivity index (χ1v) is 11.8. The molecule has 1 aromatic heterocycles. The van der Waals surface area contributed by atoms with Crippen LogP contribution in [0.15, 0.2) is 47.4 Å². The number of nitrogens with zero attached hydrogens (tertiary/aromatic N) is 1. The van der Waals surface area contributed by atoms with Crippen LogP contribution in [0.5, 0.6) is 5.75 Å². The van der Waals surface area contributed by atoms with E-state index in [1.807, 2.05) is 32.0 Å². The first-order valence-electron chi connectivity index (χ1n) is 9.52. The number of carbonyl (C=O) groups is 1. The van der Waals surface area contributed by atoms with Gasteiger partial charge in [-0.1, -0.05) is 29.0 Å². The van der Waals surface area contributed by atoms with Crippen LogP contribution in [-0.4, -0.2) is 30.7 Å². The number of benzene rings is 2. The highest BCUT2D eigenvalue weighted by Gasteiger charge is 2.55. The Morgan fingerprint density at radius 3 is 2.55 bits per heavy atom. The van der Waals surface area contributed by atoms with Gasteiger partial charge in [0, 0.05) is 0 Å². The molecule has 0 atom stereocenters. The summed E-state index contributed by atoms with van der Waals surface area (Å²) in [6.07, 6.45) is 1.33. The van der Waals surface area contributed by atoms with Crippen LogP contribution < -0.4 is 10.1 Å². The lowest BCUT2D eigenvalue weighted by molar-refractivity contribution is -0.120. The Morgan fingerprint density at radius 2 is 1.93 bits per heavy atom. The Labute approximate surface area is 173 Å². The second-order valence-corrected chi connectivity index (χ2v) is 10.5. The summed E-state index contributed by atoms with van der Waals surface area (Å²) in [6, 6.07) is 12.2. The molecule has 0 aliphatic heterocycles. The zero-order valence-electron chi connectivity index (χ0n) is 16.3. The molecule has 1 amide bonds. The minimum Gasteiger partial charge on any atom is -0.494 e. The average Bonchev–Trinajstić information content (AvgIpc) is 3.02. The zero-order valence-corrected chi connectivity index (χ0v) is 17.9. The standard InChI is InChI=1S/C21H22N2O4S2/c1-3-27-15-7-10-17-18(13-15)28-20(22-17)23-19(24)21(11-4-12-21)29(25,26)16-8-5-14(2)6-9-16/h5-10,13H,3-4,11-12H2,1-2H3,(H,22,23,24). The van der Waals surface area contributed by atoms with Gasteiger partial charge < -0.3 is 10.1 Å². The summed E-state index contributed by atoms with van der Waals surface area (Å²) in [5.41, 5.74) is 1.70. The highest BCUT2D eigenvalue weighted by atomic mass is 32.2. The molecule has 1 aliphatic rings. The number of aryl methyl sites for hydroxylation is 1. The second-order valence-electron chi connectivity index (χ2n) is 7.20. The van der Waals surface area contributed by atoms with Crippen molar-refractivity contribution in [2.75, 3.05) is 11.9 Å². The number of hydrogen-bond donors (Lipinski definition) is 1. The molecule has 3 aromatic rings. The largest absolute Gasteiger partial charge is 0.494 e. The van der Waals surface area contributed by atoms with Crippen molar-refractivity contribution in [1.82, 2.24) is 4.98 Å². The van der Waals surface area contributed by atoms with Gasteiger partial charge in [-0.05, 0) is 63.4 Å². The van der Waals surface area contributed by atoms with Crippen molar-refractivity contribution in [2.24, 2.45) is 0 Å². The number of anilines is 1. The van der Waals surface area contributed by atoms with Crippen molar-refractivity contribution in [3.63, 3.8) is 0 Å². The molecule has 2 aromatic carbocycles. The predicted octanol–water partition coefficient (Wildman–Crippen LogP) is 4.34. The molecule has 0 bridgehead atoms. The van der Waals surface area contributed by atoms with E-state index in [0.717, 1.165) is 21.5 Å². The molecule has 0 radical (unpaired) electrons. The Morgan fingerprint density at radius 1 is 1.21 bits per heavy atom. The van der Waals surface area contributed by atoms with Crippen LogP contribution in [0.2, 0.25) is 0 Å². The summed E-state index contributed by atoms with van der Waals surface area (Å²) in [5, 5.41) is 3.15. The van der Waals surface area contributed by atoms with Gasteiger partial charge in [0.25, 0.3) is 0 Å². The molecular weight excluding hydrogens is 408 g/mol. The highest BCUT2D eigenvalue weighted by Crippen LogP contribution is 2.44. The van der Waals surface area contributed by atoms with E-state index in [0.29, 0.717) is 31.0 Å². The van der Waals surface area contributed by atoms with E-state index in [1.54, 1.807) is 24.3 Å². The lowest BCUT2D eigenvalue weighted by Gasteiger charge is -2.38. The second kappa shape index (κ2) is 7.42. The Hall–Kier alpha value is -2.45. The molecule has 29 heavy (non-hydrogen) atoms. The maximum Gasteiger partial charge on any atom is 0.248 e. The maximum absolute atomic E-state index is 13.3. The molecule has 1 aliphatic carbocycles. The van der Waals surface area contributed by atoms with Crippen LogP contribution in [-0.2, 0) is 14.6 Å².